The first-order chi connectivity index (χ1) is 8.58. The van der Waals surface area contributed by atoms with Crippen LogP contribution in [0, 0.1) is 0 Å². The number of halogens is 1. The van der Waals surface area contributed by atoms with Gasteiger partial charge in [-0.1, -0.05) is 11.6 Å². The summed E-state index contributed by atoms with van der Waals surface area (Å²) in [6, 6.07) is 1.28. The van der Waals surface area contributed by atoms with E-state index in [0.717, 1.165) is 25.9 Å². The second-order valence-corrected chi connectivity index (χ2v) is 4.93. The number of nitrogens with one attached hydrogen (secondary N) is 1. The lowest BCUT2D eigenvalue weighted by Gasteiger charge is -2.21. The van der Waals surface area contributed by atoms with Crippen LogP contribution in [-0.2, 0) is 4.79 Å². The molecule has 2 rings (SSSR count). The predicted molar refractivity (Wildman–Crippen MR) is 72.6 cm³/mol. The zero-order valence-corrected chi connectivity index (χ0v) is 11.1. The van der Waals surface area contributed by atoms with Gasteiger partial charge in [-0.05, 0) is 25.8 Å². The number of carbonyl (C=O) groups is 1. The monoisotopic (exact) mass is 268 g/mol. The average Bonchev–Trinajstić information content (AvgIpc) is 2.85. The molecule has 18 heavy (non-hydrogen) atoms. The number of anilines is 2. The van der Waals surface area contributed by atoms with E-state index < -0.39 is 0 Å². The minimum atomic E-state index is -0.334. The number of likely N-dealkylation sites (tertiary alicyclic amines) is 1. The quantitative estimate of drug-likeness (QED) is 0.876. The van der Waals surface area contributed by atoms with Gasteiger partial charge in [0, 0.05) is 19.3 Å². The van der Waals surface area contributed by atoms with Crippen LogP contribution in [0.1, 0.15) is 19.8 Å². The molecule has 2 heterocycles. The lowest BCUT2D eigenvalue weighted by atomic mass is 10.2. The summed E-state index contributed by atoms with van der Waals surface area (Å²) in [5.74, 6) is 0.586. The Morgan fingerprint density at radius 3 is 2.83 bits per heavy atom. The van der Waals surface area contributed by atoms with Crippen LogP contribution in [0.5, 0.6) is 0 Å². The number of nitrogens with zero attached hydrogens (tertiary/aromatic N) is 2. The minimum absolute atomic E-state index is 0.0867. The molecule has 1 aliphatic rings. The molecule has 1 unspecified atom stereocenters. The van der Waals surface area contributed by atoms with Crippen molar-refractivity contribution < 1.29 is 4.79 Å². The van der Waals surface area contributed by atoms with Crippen LogP contribution in [0.25, 0.3) is 0 Å². The van der Waals surface area contributed by atoms with Gasteiger partial charge in [0.05, 0.1) is 10.7 Å². The molecular weight excluding hydrogens is 252 g/mol. The van der Waals surface area contributed by atoms with Crippen molar-refractivity contribution in [2.24, 2.45) is 0 Å². The van der Waals surface area contributed by atoms with Crippen molar-refractivity contribution in [1.29, 1.82) is 0 Å². The highest BCUT2D eigenvalue weighted by molar-refractivity contribution is 6.30. The van der Waals surface area contributed by atoms with E-state index >= 15 is 0 Å². The third kappa shape index (κ3) is 2.85. The second-order valence-electron chi connectivity index (χ2n) is 4.49. The van der Waals surface area contributed by atoms with Crippen molar-refractivity contribution >= 4 is 29.0 Å². The molecule has 3 N–H and O–H groups in total. The van der Waals surface area contributed by atoms with Crippen LogP contribution in [0.15, 0.2) is 12.3 Å². The fourth-order valence-electron chi connectivity index (χ4n) is 2.05. The third-order valence-electron chi connectivity index (χ3n) is 3.03. The molecule has 1 aliphatic heterocycles. The molecule has 1 atom stereocenters. The van der Waals surface area contributed by atoms with E-state index in [1.165, 1.54) is 6.20 Å². The lowest BCUT2D eigenvalue weighted by molar-refractivity contribution is -0.130. The van der Waals surface area contributed by atoms with Gasteiger partial charge in [-0.25, -0.2) is 4.98 Å². The fraction of sp³-hybridized carbons (Fsp3) is 0.500. The molecule has 0 saturated carbocycles. The Labute approximate surface area is 111 Å². The topological polar surface area (TPSA) is 71.2 Å². The Kier molecular flexibility index (Phi) is 3.91. The molecule has 1 saturated heterocycles. The summed E-state index contributed by atoms with van der Waals surface area (Å²) in [4.78, 5) is 18.0. The first-order valence-corrected chi connectivity index (χ1v) is 6.42. The smallest absolute Gasteiger partial charge is 0.244 e. The maximum Gasteiger partial charge on any atom is 0.244 e. The number of nitrogen functional groups attached to an aromatic ring is 1. The maximum absolute atomic E-state index is 12.1. The Balaban J connectivity index is 2.01. The first-order valence-electron chi connectivity index (χ1n) is 6.04. The largest absolute Gasteiger partial charge is 0.396 e. The van der Waals surface area contributed by atoms with Gasteiger partial charge in [-0.3, -0.25) is 4.79 Å². The van der Waals surface area contributed by atoms with Crippen molar-refractivity contribution in [1.82, 2.24) is 9.88 Å². The van der Waals surface area contributed by atoms with Crippen molar-refractivity contribution in [2.75, 3.05) is 24.1 Å². The predicted octanol–water partition coefficient (Wildman–Crippen LogP) is 1.74. The Morgan fingerprint density at radius 1 is 1.56 bits per heavy atom. The number of carbonyl (C=O) groups excluding carboxylic acids is 1. The number of aromatic nitrogens is 1. The van der Waals surface area contributed by atoms with E-state index in [2.05, 4.69) is 10.3 Å². The van der Waals surface area contributed by atoms with Crippen molar-refractivity contribution in [3.63, 3.8) is 0 Å². The van der Waals surface area contributed by atoms with E-state index in [1.54, 1.807) is 6.07 Å². The van der Waals surface area contributed by atoms with Crippen molar-refractivity contribution in [3.8, 4) is 0 Å². The van der Waals surface area contributed by atoms with Crippen molar-refractivity contribution in [3.05, 3.63) is 17.3 Å². The van der Waals surface area contributed by atoms with Crippen LogP contribution < -0.4 is 11.1 Å². The molecule has 1 aromatic heterocycles. The molecule has 0 radical (unpaired) electrons. The van der Waals surface area contributed by atoms with E-state index in [0.29, 0.717) is 16.5 Å². The van der Waals surface area contributed by atoms with Gasteiger partial charge in [0.15, 0.2) is 0 Å². The molecule has 0 aliphatic carbocycles. The SMILES string of the molecule is CC(Nc1ncc(Cl)cc1N)C(=O)N1CCCC1. The Morgan fingerprint density at radius 2 is 2.22 bits per heavy atom. The molecule has 1 aromatic rings. The molecule has 6 heteroatoms. The standard InChI is InChI=1S/C12H17ClN4O/c1-8(12(18)17-4-2-3-5-17)16-11-10(14)6-9(13)7-15-11/h6-8H,2-5,14H2,1H3,(H,15,16). The number of rotatable bonds is 3. The van der Waals surface area contributed by atoms with Crippen molar-refractivity contribution in [2.45, 2.75) is 25.8 Å². The maximum atomic E-state index is 12.1. The Hall–Kier alpha value is -1.49. The zero-order chi connectivity index (χ0) is 13.1. The zero-order valence-electron chi connectivity index (χ0n) is 10.3. The number of hydrogen-bond acceptors (Lipinski definition) is 4. The summed E-state index contributed by atoms with van der Waals surface area (Å²) < 4.78 is 0. The molecular formula is C12H17ClN4O. The fourth-order valence-corrected chi connectivity index (χ4v) is 2.22. The molecule has 98 valence electrons. The van der Waals surface area contributed by atoms with Crippen LogP contribution >= 0.6 is 11.6 Å². The highest BCUT2D eigenvalue weighted by Gasteiger charge is 2.23. The number of pyridine rings is 1. The number of hydrogen-bond donors (Lipinski definition) is 2. The van der Waals surface area contributed by atoms with Gasteiger partial charge < -0.3 is 16.0 Å². The molecule has 5 nitrogen and oxygen atoms in total. The normalized spacial score (nSPS) is 16.7. The van der Waals surface area contributed by atoms with Crippen LogP contribution in [0.2, 0.25) is 5.02 Å². The summed E-state index contributed by atoms with van der Waals surface area (Å²) in [5.41, 5.74) is 6.24. The first kappa shape index (κ1) is 13.0. The third-order valence-corrected chi connectivity index (χ3v) is 3.23. The van der Waals surface area contributed by atoms with Gasteiger partial charge in [0.25, 0.3) is 0 Å². The molecule has 0 spiro atoms. The summed E-state index contributed by atoms with van der Waals surface area (Å²) in [6.07, 6.45) is 3.67. The Bertz CT molecular complexity index is 446. The molecule has 0 aromatic carbocycles. The van der Waals surface area contributed by atoms with Gasteiger partial charge in [0.1, 0.15) is 11.9 Å². The van der Waals surface area contributed by atoms with Gasteiger partial charge in [-0.2, -0.15) is 0 Å². The van der Waals surface area contributed by atoms with Gasteiger partial charge >= 0.3 is 0 Å². The summed E-state index contributed by atoms with van der Waals surface area (Å²) in [7, 11) is 0. The molecule has 1 fully saturated rings. The highest BCUT2D eigenvalue weighted by atomic mass is 35.5. The van der Waals surface area contributed by atoms with Gasteiger partial charge in [0.2, 0.25) is 5.91 Å². The average molecular weight is 269 g/mol. The highest BCUT2D eigenvalue weighted by Crippen LogP contribution is 2.20. The number of amides is 1. The molecule has 0 bridgehead atoms. The van der Waals surface area contributed by atoms with Crippen LogP contribution in [0.4, 0.5) is 11.5 Å². The summed E-state index contributed by atoms with van der Waals surface area (Å²) in [6.45, 7) is 3.50. The van der Waals surface area contributed by atoms with E-state index in [-0.39, 0.29) is 11.9 Å². The van der Waals surface area contributed by atoms with E-state index in [9.17, 15) is 4.79 Å². The van der Waals surface area contributed by atoms with E-state index in [4.69, 9.17) is 17.3 Å². The number of nitrogens with two attached hydrogens (primary N) is 1. The second kappa shape index (κ2) is 5.44. The summed E-state index contributed by atoms with van der Waals surface area (Å²) >= 11 is 5.77. The summed E-state index contributed by atoms with van der Waals surface area (Å²) in [5, 5.41) is 3.51. The van der Waals surface area contributed by atoms with Crippen LogP contribution in [-0.4, -0.2) is 34.9 Å². The van der Waals surface area contributed by atoms with Crippen LogP contribution in [0.3, 0.4) is 0 Å². The van der Waals surface area contributed by atoms with E-state index in [1.807, 2.05) is 11.8 Å². The van der Waals surface area contributed by atoms with Gasteiger partial charge in [-0.15, -0.1) is 0 Å². The lowest BCUT2D eigenvalue weighted by Crippen LogP contribution is -2.39. The molecule has 1 amide bonds. The minimum Gasteiger partial charge on any atom is -0.396 e.